The SMILES string of the molecule is C=C(CBr)C(=O)OC(C)(C)CCCCC(=O)C[C@H](C(=O)N[C@@H](CCCNC(N)=O)C(=O)Cc1ccc(NC(=O)O[C@H]2CC(=O)N(C)c3cc(cc(C)c3Cl)C/C(C)=C/C=C/[C@@H](OC)[C@]3(O)CC(=O)O[C@@H](C3)[C@@H](C)[C@@H]3O[C@@]23C)c(Br)c1)C(C)C. The lowest BCUT2D eigenvalue weighted by molar-refractivity contribution is -0.187. The van der Waals surface area contributed by atoms with E-state index in [1.165, 1.54) is 12.0 Å². The van der Waals surface area contributed by atoms with E-state index in [-0.39, 0.29) is 74.7 Å². The van der Waals surface area contributed by atoms with Gasteiger partial charge in [-0.1, -0.05) is 90.8 Å². The summed E-state index contributed by atoms with van der Waals surface area (Å²) in [5, 5.41) is 20.8. The minimum absolute atomic E-state index is 0.0129. The van der Waals surface area contributed by atoms with Gasteiger partial charge >= 0.3 is 24.1 Å². The number of esters is 2. The molecule has 2 aromatic carbocycles. The minimum Gasteiger partial charge on any atom is -0.462 e. The summed E-state index contributed by atoms with van der Waals surface area (Å²) in [6, 6.07) is 6.86. The van der Waals surface area contributed by atoms with Gasteiger partial charge in [-0.3, -0.25) is 29.3 Å². The van der Waals surface area contributed by atoms with E-state index >= 15 is 0 Å². The van der Waals surface area contributed by atoms with Crippen LogP contribution in [-0.2, 0) is 65.3 Å². The number of aryl methyl sites for hydroxylation is 1. The van der Waals surface area contributed by atoms with Crippen LogP contribution in [0.5, 0.6) is 0 Å². The van der Waals surface area contributed by atoms with Gasteiger partial charge in [0.2, 0.25) is 11.8 Å². The highest BCUT2D eigenvalue weighted by atomic mass is 79.9. The van der Waals surface area contributed by atoms with Crippen LogP contribution in [0.4, 0.5) is 21.0 Å². The summed E-state index contributed by atoms with van der Waals surface area (Å²) in [7, 11) is 3.05. The van der Waals surface area contributed by atoms with Crippen molar-refractivity contribution in [1.82, 2.24) is 10.6 Å². The number of nitrogens with zero attached hydrogens (tertiary/aromatic N) is 1. The number of ketones is 2. The maximum atomic E-state index is 14.4. The van der Waals surface area contributed by atoms with Crippen LogP contribution in [0.15, 0.2) is 70.8 Å². The van der Waals surface area contributed by atoms with Gasteiger partial charge in [-0.05, 0) is 130 Å². The Balaban J connectivity index is 1.31. The number of urea groups is 1. The number of anilines is 2. The molecule has 83 heavy (non-hydrogen) atoms. The van der Waals surface area contributed by atoms with Gasteiger partial charge in [0.25, 0.3) is 0 Å². The fourth-order valence-corrected chi connectivity index (χ4v) is 11.6. The van der Waals surface area contributed by atoms with E-state index < -0.39 is 95.0 Å². The van der Waals surface area contributed by atoms with Crippen LogP contribution in [0.3, 0.4) is 0 Å². The van der Waals surface area contributed by atoms with Gasteiger partial charge in [-0.2, -0.15) is 0 Å². The van der Waals surface area contributed by atoms with Gasteiger partial charge in [-0.15, -0.1) is 0 Å². The number of carbonyl (C=O) groups is 8. The second-order valence-electron chi connectivity index (χ2n) is 23.4. The molecule has 2 aromatic rings. The van der Waals surface area contributed by atoms with Crippen LogP contribution in [0.2, 0.25) is 5.02 Å². The van der Waals surface area contributed by atoms with E-state index in [4.69, 9.17) is 41.0 Å². The maximum Gasteiger partial charge on any atom is 0.412 e. The Bertz CT molecular complexity index is 2820. The monoisotopic (exact) mass is 1300 g/mol. The number of halogens is 3. The molecule has 2 saturated heterocycles. The van der Waals surface area contributed by atoms with Crippen molar-refractivity contribution in [3.8, 4) is 0 Å². The first kappa shape index (κ1) is 68.3. The Labute approximate surface area is 509 Å². The van der Waals surface area contributed by atoms with E-state index in [2.05, 4.69) is 54.4 Å². The van der Waals surface area contributed by atoms with Gasteiger partial charge in [0.1, 0.15) is 40.9 Å². The van der Waals surface area contributed by atoms with Crippen molar-refractivity contribution in [1.29, 1.82) is 0 Å². The van der Waals surface area contributed by atoms with Crippen LogP contribution in [-0.4, -0.2) is 126 Å². The molecule has 456 valence electrons. The molecule has 3 heterocycles. The van der Waals surface area contributed by atoms with Gasteiger partial charge in [0, 0.05) is 73.6 Å². The zero-order valence-electron chi connectivity index (χ0n) is 49.3. The average molecular weight is 1300 g/mol. The molecular formula is C61H82Br2ClN5O14. The summed E-state index contributed by atoms with van der Waals surface area (Å²) >= 11 is 13.6. The fourth-order valence-electron chi connectivity index (χ4n) is 10.6. The van der Waals surface area contributed by atoms with Gasteiger partial charge < -0.3 is 50.1 Å². The predicted molar refractivity (Wildman–Crippen MR) is 323 cm³/mol. The molecule has 0 radical (unpaired) electrons. The maximum absolute atomic E-state index is 14.4. The zero-order chi connectivity index (χ0) is 61.7. The Kier molecular flexibility index (Phi) is 24.8. The number of aliphatic hydroxyl groups is 1. The highest BCUT2D eigenvalue weighted by molar-refractivity contribution is 9.10. The molecule has 4 bridgehead atoms. The van der Waals surface area contributed by atoms with E-state index in [1.807, 2.05) is 45.9 Å². The zero-order valence-corrected chi connectivity index (χ0v) is 53.2. The van der Waals surface area contributed by atoms with Crippen molar-refractivity contribution in [2.75, 3.05) is 36.2 Å². The first-order valence-electron chi connectivity index (χ1n) is 28.0. The molecular weight excluding hydrogens is 1220 g/mol. The summed E-state index contributed by atoms with van der Waals surface area (Å²) in [6.07, 6.45) is 2.77. The number of alkyl halides is 1. The Morgan fingerprint density at radius 1 is 1.07 bits per heavy atom. The van der Waals surface area contributed by atoms with Crippen molar-refractivity contribution in [2.24, 2.45) is 23.5 Å². The third kappa shape index (κ3) is 19.3. The van der Waals surface area contributed by atoms with Crippen molar-refractivity contribution in [3.05, 3.63) is 92.5 Å². The van der Waals surface area contributed by atoms with Crippen molar-refractivity contribution in [2.45, 2.75) is 180 Å². The van der Waals surface area contributed by atoms with Gasteiger partial charge in [0.05, 0.1) is 41.4 Å². The molecule has 6 N–H and O–H groups in total. The van der Waals surface area contributed by atoms with Crippen LogP contribution in [0.1, 0.15) is 129 Å². The first-order valence-corrected chi connectivity index (χ1v) is 30.3. The number of Topliss-reactive ketones (excluding diaryl/α,β-unsaturated/α-hetero) is 2. The topological polar surface area (TPSA) is 272 Å². The molecule has 0 unspecified atom stereocenters. The second-order valence-corrected chi connectivity index (χ2v) is 25.2. The van der Waals surface area contributed by atoms with Gasteiger partial charge in [-0.25, -0.2) is 14.4 Å². The predicted octanol–water partition coefficient (Wildman–Crippen LogP) is 9.79. The number of rotatable bonds is 23. The number of hydrogen-bond acceptors (Lipinski definition) is 14. The molecule has 0 aromatic heterocycles. The summed E-state index contributed by atoms with van der Waals surface area (Å²) in [4.78, 5) is 108. The number of unbranched alkanes of at least 4 members (excludes halogenated alkanes) is 1. The normalized spacial score (nSPS) is 24.6. The number of carbonyl (C=O) groups excluding carboxylic acids is 8. The van der Waals surface area contributed by atoms with E-state index in [1.54, 1.807) is 65.1 Å². The third-order valence-corrected chi connectivity index (χ3v) is 17.5. The third-order valence-electron chi connectivity index (χ3n) is 15.7. The van der Waals surface area contributed by atoms with Gasteiger partial charge in [0.15, 0.2) is 5.78 Å². The number of allylic oxidation sites excluding steroid dienone is 3. The number of benzene rings is 2. The van der Waals surface area contributed by atoms with Crippen LogP contribution in [0, 0.1) is 24.7 Å². The second kappa shape index (κ2) is 30.1. The number of fused-ring (bicyclic) bond motifs is 5. The van der Waals surface area contributed by atoms with Crippen molar-refractivity contribution in [3.63, 3.8) is 0 Å². The number of primary amides is 1. The lowest BCUT2D eigenvalue weighted by Gasteiger charge is -2.41. The Morgan fingerprint density at radius 2 is 1.78 bits per heavy atom. The number of nitrogens with one attached hydrogen (secondary N) is 3. The van der Waals surface area contributed by atoms with E-state index in [0.717, 1.165) is 16.7 Å². The van der Waals surface area contributed by atoms with Crippen molar-refractivity contribution >= 4 is 102 Å². The lowest BCUT2D eigenvalue weighted by Crippen LogP contribution is -2.53. The highest BCUT2D eigenvalue weighted by Gasteiger charge is 2.64. The number of hydrogen-bond donors (Lipinski definition) is 5. The molecule has 22 heteroatoms. The van der Waals surface area contributed by atoms with E-state index in [0.29, 0.717) is 63.8 Å². The average Bonchev–Trinajstić information content (AvgIpc) is 1.90. The number of amides is 5. The number of nitrogens with two attached hydrogens (primary N) is 1. The fraction of sp³-hybridized carbons (Fsp3) is 0.574. The van der Waals surface area contributed by atoms with Crippen LogP contribution in [0.25, 0.3) is 0 Å². The lowest BCUT2D eigenvalue weighted by atomic mass is 9.78. The molecule has 0 saturated carbocycles. The Hall–Kier alpha value is -5.45. The summed E-state index contributed by atoms with van der Waals surface area (Å²) in [6.45, 7) is 18.4. The molecule has 9 atom stereocenters. The largest absolute Gasteiger partial charge is 0.462 e. The minimum atomic E-state index is -1.63. The molecule has 0 aliphatic carbocycles. The molecule has 5 amide bonds. The van der Waals surface area contributed by atoms with E-state index in [9.17, 15) is 43.5 Å². The first-order chi connectivity index (χ1) is 38.9. The number of ether oxygens (including phenoxy) is 5. The number of epoxide rings is 1. The summed E-state index contributed by atoms with van der Waals surface area (Å²) in [5.41, 5.74) is 5.72. The van der Waals surface area contributed by atoms with Crippen LogP contribution < -0.4 is 26.6 Å². The highest BCUT2D eigenvalue weighted by Crippen LogP contribution is 2.50. The summed E-state index contributed by atoms with van der Waals surface area (Å²) in [5.74, 6) is -4.03. The molecule has 0 spiro atoms. The van der Waals surface area contributed by atoms with Crippen molar-refractivity contribution < 1.29 is 67.1 Å². The molecule has 5 rings (SSSR count). The quantitative estimate of drug-likeness (QED) is 0.0173. The molecule has 2 fully saturated rings. The molecule has 19 nitrogen and oxygen atoms in total. The summed E-state index contributed by atoms with van der Waals surface area (Å²) < 4.78 is 30.0. The number of methoxy groups -OCH3 is 1. The Morgan fingerprint density at radius 3 is 2.43 bits per heavy atom. The molecule has 3 aliphatic heterocycles. The van der Waals surface area contributed by atoms with Crippen LogP contribution >= 0.6 is 43.5 Å². The molecule has 3 aliphatic rings. The smallest absolute Gasteiger partial charge is 0.412 e. The standard InChI is InChI=1S/C61H82Br2ClN5O14/c1-34(2)42(29-41(70)17-12-13-22-59(7,8)83-56(75)37(5)33-62)55(74)67-45(18-15-23-66-57(65)76)47(71)28-39-20-21-44(43(63)26-39)68-58(77)81-50-30-51(72)69(10)46-27-40(25-36(4)53(46)64)24-35(3)16-14-19-49(79-11)61(78)31-48(80-52(73)32-61)38(6)54-60(50,9)82-54/h14,16,19-21,25-27,34,38,42,45,48-50,54,78H,5,12-13,15,17-18,22-24,28-33H2,1-4,6-11H3,(H,67,74)(H,68,77)(H3,65,66,76)/b19-14+,35-16+/t38-,42+,45+,48+,49-,50+,54+,60+,61-/m1/s1.